The Hall–Kier alpha value is -2.62. The number of nitrogens with zero attached hydrogens (tertiary/aromatic N) is 2. The number of nitrogens with one attached hydrogen (secondary N) is 2. The van der Waals surface area contributed by atoms with Crippen LogP contribution in [0.3, 0.4) is 0 Å². The van der Waals surface area contributed by atoms with Crippen molar-refractivity contribution in [2.45, 2.75) is 39.4 Å². The summed E-state index contributed by atoms with van der Waals surface area (Å²) in [4.78, 5) is 39.3. The second-order valence-electron chi connectivity index (χ2n) is 7.94. The largest absolute Gasteiger partial charge is 0.418 e. The van der Waals surface area contributed by atoms with Crippen molar-refractivity contribution in [1.82, 2.24) is 15.1 Å². The summed E-state index contributed by atoms with van der Waals surface area (Å²) in [6.07, 6.45) is -4.60. The number of carbonyl (C=O) groups is 3. The molecule has 0 radical (unpaired) electrons. The predicted octanol–water partition coefficient (Wildman–Crippen LogP) is 2.34. The number of para-hydroxylation sites is 1. The molecule has 0 unspecified atom stereocenters. The van der Waals surface area contributed by atoms with Gasteiger partial charge in [-0.25, -0.2) is 0 Å². The molecule has 0 aliphatic rings. The Morgan fingerprint density at radius 2 is 1.57 bits per heavy atom. The van der Waals surface area contributed by atoms with E-state index in [1.54, 1.807) is 6.92 Å². The first-order valence-electron chi connectivity index (χ1n) is 9.46. The zero-order valence-corrected chi connectivity index (χ0v) is 17.9. The maximum Gasteiger partial charge on any atom is 0.418 e. The first-order valence-corrected chi connectivity index (χ1v) is 9.46. The molecule has 2 N–H and O–H groups in total. The van der Waals surface area contributed by atoms with Crippen LogP contribution >= 0.6 is 0 Å². The average molecular weight is 430 g/mol. The van der Waals surface area contributed by atoms with Crippen molar-refractivity contribution in [2.75, 3.05) is 38.5 Å². The molecule has 0 saturated carbocycles. The Morgan fingerprint density at radius 1 is 0.967 bits per heavy atom. The van der Waals surface area contributed by atoms with Crippen molar-refractivity contribution < 1.29 is 27.6 Å². The summed E-state index contributed by atoms with van der Waals surface area (Å²) in [5.41, 5.74) is -1.71. The van der Waals surface area contributed by atoms with E-state index in [2.05, 4.69) is 10.6 Å². The number of alkyl halides is 3. The van der Waals surface area contributed by atoms with Crippen LogP contribution in [0, 0.1) is 0 Å². The van der Waals surface area contributed by atoms with Gasteiger partial charge in [0.05, 0.1) is 30.9 Å². The number of halogens is 3. The summed E-state index contributed by atoms with van der Waals surface area (Å²) >= 11 is 0. The van der Waals surface area contributed by atoms with Crippen LogP contribution in [-0.2, 0) is 20.6 Å². The van der Waals surface area contributed by atoms with Crippen LogP contribution in [0.4, 0.5) is 18.9 Å². The standard InChI is InChI=1S/C20H29F3N4O3/c1-6-27(13-18(30)26(5)11-17(29)25-19(2,3)4)12-16(28)24-15-10-8-7-9-14(15)20(21,22)23/h7-10H,6,11-13H2,1-5H3,(H,24,28)(H,25,29). The molecule has 0 aliphatic heterocycles. The summed E-state index contributed by atoms with van der Waals surface area (Å²) < 4.78 is 39.2. The fourth-order valence-electron chi connectivity index (χ4n) is 2.59. The van der Waals surface area contributed by atoms with Crippen LogP contribution < -0.4 is 10.6 Å². The minimum absolute atomic E-state index is 0.140. The molecule has 0 bridgehead atoms. The minimum Gasteiger partial charge on any atom is -0.350 e. The highest BCUT2D eigenvalue weighted by molar-refractivity contribution is 5.93. The predicted molar refractivity (Wildman–Crippen MR) is 108 cm³/mol. The fraction of sp³-hybridized carbons (Fsp3) is 0.550. The van der Waals surface area contributed by atoms with E-state index >= 15 is 0 Å². The lowest BCUT2D eigenvalue weighted by atomic mass is 10.1. The van der Waals surface area contributed by atoms with Gasteiger partial charge in [0.25, 0.3) is 0 Å². The van der Waals surface area contributed by atoms with E-state index in [4.69, 9.17) is 0 Å². The lowest BCUT2D eigenvalue weighted by Gasteiger charge is -2.25. The van der Waals surface area contributed by atoms with Crippen molar-refractivity contribution in [3.63, 3.8) is 0 Å². The van der Waals surface area contributed by atoms with Gasteiger partial charge in [0, 0.05) is 12.6 Å². The number of rotatable bonds is 8. The molecule has 0 aromatic heterocycles. The van der Waals surface area contributed by atoms with Crippen LogP contribution in [0.5, 0.6) is 0 Å². The molecule has 3 amide bonds. The fourth-order valence-corrected chi connectivity index (χ4v) is 2.59. The van der Waals surface area contributed by atoms with Gasteiger partial charge in [-0.1, -0.05) is 19.1 Å². The second kappa shape index (κ2) is 10.4. The zero-order chi connectivity index (χ0) is 23.1. The van der Waals surface area contributed by atoms with Gasteiger partial charge in [-0.05, 0) is 39.4 Å². The maximum absolute atomic E-state index is 13.1. The minimum atomic E-state index is -4.60. The van der Waals surface area contributed by atoms with Gasteiger partial charge >= 0.3 is 6.18 Å². The second-order valence-corrected chi connectivity index (χ2v) is 7.94. The van der Waals surface area contributed by atoms with Crippen LogP contribution in [0.25, 0.3) is 0 Å². The highest BCUT2D eigenvalue weighted by Gasteiger charge is 2.33. The first-order chi connectivity index (χ1) is 13.7. The van der Waals surface area contributed by atoms with Crippen molar-refractivity contribution >= 4 is 23.4 Å². The van der Waals surface area contributed by atoms with Gasteiger partial charge in [-0.15, -0.1) is 0 Å². The van der Waals surface area contributed by atoms with Gasteiger partial charge in [-0.3, -0.25) is 19.3 Å². The summed E-state index contributed by atoms with van der Waals surface area (Å²) in [5.74, 6) is -1.37. The van der Waals surface area contributed by atoms with Crippen LogP contribution in [0.15, 0.2) is 24.3 Å². The lowest BCUT2D eigenvalue weighted by molar-refractivity contribution is -0.137. The number of amides is 3. The van der Waals surface area contributed by atoms with Crippen LogP contribution in [-0.4, -0.2) is 66.3 Å². The number of carbonyl (C=O) groups excluding carboxylic acids is 3. The third-order valence-corrected chi connectivity index (χ3v) is 4.00. The molecule has 0 atom stereocenters. The molecular weight excluding hydrogens is 401 g/mol. The molecule has 168 valence electrons. The molecule has 1 aromatic rings. The Bertz CT molecular complexity index is 760. The topological polar surface area (TPSA) is 81.8 Å². The molecule has 30 heavy (non-hydrogen) atoms. The van der Waals surface area contributed by atoms with Crippen LogP contribution in [0.1, 0.15) is 33.3 Å². The summed E-state index contributed by atoms with van der Waals surface area (Å²) in [5, 5.41) is 5.00. The van der Waals surface area contributed by atoms with Crippen LogP contribution in [0.2, 0.25) is 0 Å². The van der Waals surface area contributed by atoms with E-state index in [0.717, 1.165) is 6.07 Å². The van der Waals surface area contributed by atoms with E-state index in [-0.39, 0.29) is 37.1 Å². The van der Waals surface area contributed by atoms with Crippen molar-refractivity contribution in [3.8, 4) is 0 Å². The third-order valence-electron chi connectivity index (χ3n) is 4.00. The zero-order valence-electron chi connectivity index (χ0n) is 17.9. The molecule has 10 heteroatoms. The lowest BCUT2D eigenvalue weighted by Crippen LogP contribution is -2.48. The molecule has 0 spiro atoms. The molecule has 0 heterocycles. The van der Waals surface area contributed by atoms with Gasteiger partial charge in [0.1, 0.15) is 0 Å². The number of benzene rings is 1. The highest BCUT2D eigenvalue weighted by Crippen LogP contribution is 2.34. The van der Waals surface area contributed by atoms with Gasteiger partial charge in [-0.2, -0.15) is 13.2 Å². The molecule has 0 saturated heterocycles. The Labute approximate surface area is 174 Å². The number of likely N-dealkylation sites (N-methyl/N-ethyl adjacent to an activating group) is 2. The van der Waals surface area contributed by atoms with Gasteiger partial charge < -0.3 is 15.5 Å². The van der Waals surface area contributed by atoms with Crippen molar-refractivity contribution in [3.05, 3.63) is 29.8 Å². The number of hydrogen-bond donors (Lipinski definition) is 2. The molecular formula is C20H29F3N4O3. The summed E-state index contributed by atoms with van der Waals surface area (Å²) in [7, 11) is 1.47. The van der Waals surface area contributed by atoms with Crippen molar-refractivity contribution in [1.29, 1.82) is 0 Å². The van der Waals surface area contributed by atoms with E-state index in [1.165, 1.54) is 35.0 Å². The first kappa shape index (κ1) is 25.4. The summed E-state index contributed by atoms with van der Waals surface area (Å²) in [6.45, 7) is 6.95. The van der Waals surface area contributed by atoms with E-state index in [0.29, 0.717) is 6.54 Å². The monoisotopic (exact) mass is 430 g/mol. The maximum atomic E-state index is 13.1. The van der Waals surface area contributed by atoms with Gasteiger partial charge in [0.2, 0.25) is 17.7 Å². The highest BCUT2D eigenvalue weighted by atomic mass is 19.4. The average Bonchev–Trinajstić information content (AvgIpc) is 2.58. The van der Waals surface area contributed by atoms with Crippen molar-refractivity contribution in [2.24, 2.45) is 0 Å². The molecule has 0 fully saturated rings. The van der Waals surface area contributed by atoms with E-state index in [1.807, 2.05) is 20.8 Å². The quantitative estimate of drug-likeness (QED) is 0.663. The number of anilines is 1. The molecule has 7 nitrogen and oxygen atoms in total. The Kier molecular flexibility index (Phi) is 8.83. The SMILES string of the molecule is CCN(CC(=O)Nc1ccccc1C(F)(F)F)CC(=O)N(C)CC(=O)NC(C)(C)C. The van der Waals surface area contributed by atoms with Gasteiger partial charge in [0.15, 0.2) is 0 Å². The smallest absolute Gasteiger partial charge is 0.350 e. The Balaban J connectivity index is 2.67. The van der Waals surface area contributed by atoms with E-state index in [9.17, 15) is 27.6 Å². The van der Waals surface area contributed by atoms with E-state index < -0.39 is 23.2 Å². The summed E-state index contributed by atoms with van der Waals surface area (Å²) in [6, 6.07) is 4.68. The molecule has 1 aromatic carbocycles. The third kappa shape index (κ3) is 8.81. The normalized spacial score (nSPS) is 11.9. The molecule has 1 rings (SSSR count). The number of hydrogen-bond acceptors (Lipinski definition) is 4. The molecule has 0 aliphatic carbocycles. The Morgan fingerprint density at radius 3 is 2.10 bits per heavy atom.